The van der Waals surface area contributed by atoms with Crippen molar-refractivity contribution in [1.29, 1.82) is 0 Å². The van der Waals surface area contributed by atoms with Crippen molar-refractivity contribution in [3.63, 3.8) is 0 Å². The molecule has 2 saturated carbocycles. The fourth-order valence-electron chi connectivity index (χ4n) is 3.47. The molecule has 22 heavy (non-hydrogen) atoms. The molecule has 0 spiro atoms. The minimum atomic E-state index is 0. The van der Waals surface area contributed by atoms with Gasteiger partial charge in [0.15, 0.2) is 0 Å². The van der Waals surface area contributed by atoms with Crippen molar-refractivity contribution in [2.75, 3.05) is 0 Å². The van der Waals surface area contributed by atoms with E-state index < -0.39 is 0 Å². The minimum absolute atomic E-state index is 0. The van der Waals surface area contributed by atoms with Crippen LogP contribution in [0.3, 0.4) is 0 Å². The van der Waals surface area contributed by atoms with Gasteiger partial charge in [0.1, 0.15) is 0 Å². The molecule has 3 unspecified atom stereocenters. The summed E-state index contributed by atoms with van der Waals surface area (Å²) < 4.78 is 0. The number of rotatable bonds is 5. The molecular formula is C18H27ClN2O. The largest absolute Gasteiger partial charge is 0.353 e. The summed E-state index contributed by atoms with van der Waals surface area (Å²) >= 11 is 0. The molecule has 0 aromatic heterocycles. The first-order valence-electron chi connectivity index (χ1n) is 8.32. The van der Waals surface area contributed by atoms with Gasteiger partial charge < -0.3 is 11.1 Å². The van der Waals surface area contributed by atoms with E-state index in [1.165, 1.54) is 18.4 Å². The molecule has 1 amide bonds. The quantitative estimate of drug-likeness (QED) is 0.875. The van der Waals surface area contributed by atoms with Gasteiger partial charge >= 0.3 is 0 Å². The third-order valence-corrected chi connectivity index (χ3v) is 4.90. The van der Waals surface area contributed by atoms with E-state index in [0.717, 1.165) is 32.1 Å². The van der Waals surface area contributed by atoms with Gasteiger partial charge in [0, 0.05) is 18.0 Å². The topological polar surface area (TPSA) is 55.1 Å². The zero-order valence-corrected chi connectivity index (χ0v) is 13.9. The van der Waals surface area contributed by atoms with E-state index >= 15 is 0 Å². The molecule has 3 N–H and O–H groups in total. The summed E-state index contributed by atoms with van der Waals surface area (Å²) in [5, 5.41) is 3.32. The first kappa shape index (κ1) is 17.3. The summed E-state index contributed by atoms with van der Waals surface area (Å²) in [7, 11) is 0. The third-order valence-electron chi connectivity index (χ3n) is 4.90. The maximum Gasteiger partial charge on any atom is 0.223 e. The fraction of sp³-hybridized carbons (Fsp3) is 0.611. The number of halogens is 1. The molecule has 2 aliphatic carbocycles. The van der Waals surface area contributed by atoms with Crippen LogP contribution in [0.4, 0.5) is 0 Å². The number of carbonyl (C=O) groups is 1. The highest BCUT2D eigenvalue weighted by atomic mass is 35.5. The van der Waals surface area contributed by atoms with Gasteiger partial charge in [0.25, 0.3) is 0 Å². The van der Waals surface area contributed by atoms with E-state index in [1.807, 2.05) is 6.07 Å². The molecule has 4 heteroatoms. The van der Waals surface area contributed by atoms with E-state index in [2.05, 4.69) is 29.6 Å². The Morgan fingerprint density at radius 3 is 2.55 bits per heavy atom. The van der Waals surface area contributed by atoms with Gasteiger partial charge in [-0.15, -0.1) is 12.4 Å². The van der Waals surface area contributed by atoms with Crippen LogP contribution in [-0.4, -0.2) is 18.0 Å². The fourth-order valence-corrected chi connectivity index (χ4v) is 3.47. The second-order valence-corrected chi connectivity index (χ2v) is 6.77. The molecule has 3 atom stereocenters. The van der Waals surface area contributed by atoms with Crippen LogP contribution in [0.2, 0.25) is 0 Å². The van der Waals surface area contributed by atoms with Crippen LogP contribution in [0.25, 0.3) is 0 Å². The predicted octanol–water partition coefficient (Wildman–Crippen LogP) is 3.06. The van der Waals surface area contributed by atoms with Crippen LogP contribution in [0, 0.1) is 11.8 Å². The van der Waals surface area contributed by atoms with Crippen molar-refractivity contribution in [1.82, 2.24) is 5.32 Å². The van der Waals surface area contributed by atoms with Gasteiger partial charge in [0.2, 0.25) is 5.91 Å². The lowest BCUT2D eigenvalue weighted by molar-refractivity contribution is -0.127. The summed E-state index contributed by atoms with van der Waals surface area (Å²) in [6.07, 6.45) is 7.47. The molecular weight excluding hydrogens is 296 g/mol. The summed E-state index contributed by atoms with van der Waals surface area (Å²) in [6.45, 7) is 0. The Balaban J connectivity index is 0.00000176. The Kier molecular flexibility index (Phi) is 6.27. The lowest BCUT2D eigenvalue weighted by atomic mass is 9.85. The van der Waals surface area contributed by atoms with Gasteiger partial charge in [-0.2, -0.15) is 0 Å². The van der Waals surface area contributed by atoms with Gasteiger partial charge in [-0.1, -0.05) is 36.8 Å². The predicted molar refractivity (Wildman–Crippen MR) is 92.0 cm³/mol. The number of hydrogen-bond donors (Lipinski definition) is 2. The number of nitrogens with two attached hydrogens (primary N) is 1. The van der Waals surface area contributed by atoms with Crippen LogP contribution in [0.1, 0.15) is 44.1 Å². The molecule has 0 bridgehead atoms. The first-order valence-corrected chi connectivity index (χ1v) is 8.32. The Morgan fingerprint density at radius 1 is 1.18 bits per heavy atom. The molecule has 2 fully saturated rings. The molecule has 1 aromatic rings. The highest BCUT2D eigenvalue weighted by molar-refractivity contribution is 5.85. The molecule has 2 aliphatic rings. The molecule has 0 radical (unpaired) electrons. The summed E-state index contributed by atoms with van der Waals surface area (Å²) in [5.41, 5.74) is 7.32. The molecule has 0 aliphatic heterocycles. The molecule has 0 saturated heterocycles. The highest BCUT2D eigenvalue weighted by Crippen LogP contribution is 2.34. The second kappa shape index (κ2) is 7.98. The van der Waals surface area contributed by atoms with E-state index in [-0.39, 0.29) is 30.3 Å². The third kappa shape index (κ3) is 4.72. The maximum atomic E-state index is 12.5. The lowest BCUT2D eigenvalue weighted by Crippen LogP contribution is -2.44. The number of hydrogen-bond acceptors (Lipinski definition) is 2. The maximum absolute atomic E-state index is 12.5. The average Bonchev–Trinajstić information content (AvgIpc) is 3.32. The van der Waals surface area contributed by atoms with Crippen LogP contribution in [0.5, 0.6) is 0 Å². The monoisotopic (exact) mass is 322 g/mol. The van der Waals surface area contributed by atoms with Crippen LogP contribution < -0.4 is 11.1 Å². The van der Waals surface area contributed by atoms with Crippen molar-refractivity contribution >= 4 is 18.3 Å². The number of benzene rings is 1. The van der Waals surface area contributed by atoms with Crippen molar-refractivity contribution in [3.8, 4) is 0 Å². The SMILES string of the molecule is Cl.NC1CCCC(C(=O)NC(Cc2ccccc2)C2CC2)C1. The average molecular weight is 323 g/mol. The standard InChI is InChI=1S/C18H26N2O.ClH/c19-16-8-4-7-15(12-16)18(21)20-17(14-9-10-14)11-13-5-2-1-3-6-13;/h1-3,5-6,14-17H,4,7-12,19H2,(H,20,21);1H. The van der Waals surface area contributed by atoms with Crippen LogP contribution in [-0.2, 0) is 11.2 Å². The zero-order valence-electron chi connectivity index (χ0n) is 13.0. The van der Waals surface area contributed by atoms with Crippen molar-refractivity contribution in [3.05, 3.63) is 35.9 Å². The van der Waals surface area contributed by atoms with E-state index in [1.54, 1.807) is 0 Å². The highest BCUT2D eigenvalue weighted by Gasteiger charge is 2.34. The zero-order chi connectivity index (χ0) is 14.7. The molecule has 3 rings (SSSR count). The van der Waals surface area contributed by atoms with Crippen molar-refractivity contribution in [2.24, 2.45) is 17.6 Å². The van der Waals surface area contributed by atoms with Gasteiger partial charge in [-0.25, -0.2) is 0 Å². The Labute approximate surface area is 139 Å². The lowest BCUT2D eigenvalue weighted by Gasteiger charge is -2.28. The van der Waals surface area contributed by atoms with E-state index in [0.29, 0.717) is 12.0 Å². The van der Waals surface area contributed by atoms with Crippen LogP contribution >= 0.6 is 12.4 Å². The number of nitrogens with one attached hydrogen (secondary N) is 1. The second-order valence-electron chi connectivity index (χ2n) is 6.77. The Hall–Kier alpha value is -1.06. The molecule has 3 nitrogen and oxygen atoms in total. The molecule has 0 heterocycles. The summed E-state index contributed by atoms with van der Waals surface area (Å²) in [6, 6.07) is 11.0. The summed E-state index contributed by atoms with van der Waals surface area (Å²) in [5.74, 6) is 1.04. The van der Waals surface area contributed by atoms with Crippen molar-refractivity contribution < 1.29 is 4.79 Å². The van der Waals surface area contributed by atoms with Gasteiger partial charge in [-0.3, -0.25) is 4.79 Å². The van der Waals surface area contributed by atoms with Crippen molar-refractivity contribution in [2.45, 2.75) is 57.0 Å². The Bertz CT molecular complexity index is 475. The van der Waals surface area contributed by atoms with E-state index in [9.17, 15) is 4.79 Å². The van der Waals surface area contributed by atoms with E-state index in [4.69, 9.17) is 5.73 Å². The number of carbonyl (C=O) groups excluding carboxylic acids is 1. The first-order chi connectivity index (χ1) is 10.2. The molecule has 1 aromatic carbocycles. The smallest absolute Gasteiger partial charge is 0.223 e. The Morgan fingerprint density at radius 2 is 1.91 bits per heavy atom. The molecule has 122 valence electrons. The number of amides is 1. The van der Waals surface area contributed by atoms with Gasteiger partial charge in [0.05, 0.1) is 0 Å². The minimum Gasteiger partial charge on any atom is -0.353 e. The summed E-state index contributed by atoms with van der Waals surface area (Å²) in [4.78, 5) is 12.5. The van der Waals surface area contributed by atoms with Crippen LogP contribution in [0.15, 0.2) is 30.3 Å². The normalized spacial score (nSPS) is 25.9. The van der Waals surface area contributed by atoms with Gasteiger partial charge in [-0.05, 0) is 50.0 Å².